The zero-order chi connectivity index (χ0) is 28.4. The number of piperidine rings is 1. The summed E-state index contributed by atoms with van der Waals surface area (Å²) in [6.07, 6.45) is 1.61. The van der Waals surface area contributed by atoms with Gasteiger partial charge in [0.15, 0.2) is 11.5 Å². The van der Waals surface area contributed by atoms with Gasteiger partial charge in [-0.1, -0.05) is 56.3 Å². The minimum Gasteiger partial charge on any atom is -0.493 e. The van der Waals surface area contributed by atoms with Crippen LogP contribution in [0.5, 0.6) is 11.5 Å². The van der Waals surface area contributed by atoms with E-state index in [1.165, 1.54) is 0 Å². The number of likely N-dealkylation sites (tertiary alicyclic amines) is 1. The van der Waals surface area contributed by atoms with E-state index in [0.717, 1.165) is 35.5 Å². The van der Waals surface area contributed by atoms with Crippen LogP contribution in [0.25, 0.3) is 0 Å². The van der Waals surface area contributed by atoms with Gasteiger partial charge in [0, 0.05) is 30.5 Å². The van der Waals surface area contributed by atoms with E-state index in [0.29, 0.717) is 19.5 Å². The average Bonchev–Trinajstić information content (AvgIpc) is 2.94. The predicted octanol–water partition coefficient (Wildman–Crippen LogP) is 5.50. The lowest BCUT2D eigenvalue weighted by Gasteiger charge is -2.53. The molecule has 0 unspecified atom stereocenters. The highest BCUT2D eigenvalue weighted by Crippen LogP contribution is 2.55. The summed E-state index contributed by atoms with van der Waals surface area (Å²) in [5.74, 6) is 2.00. The van der Waals surface area contributed by atoms with Crippen LogP contribution in [0.2, 0.25) is 0 Å². The molecule has 1 N–H and O–H groups in total. The van der Waals surface area contributed by atoms with Gasteiger partial charge in [0.1, 0.15) is 18.2 Å². The zero-order valence-electron chi connectivity index (χ0n) is 24.2. The van der Waals surface area contributed by atoms with E-state index in [1.54, 1.807) is 7.11 Å². The van der Waals surface area contributed by atoms with Crippen molar-refractivity contribution < 1.29 is 28.5 Å². The van der Waals surface area contributed by atoms with Crippen LogP contribution in [-0.4, -0.2) is 54.8 Å². The van der Waals surface area contributed by atoms with Crippen LogP contribution in [0, 0.1) is 17.8 Å². The lowest BCUT2D eigenvalue weighted by Crippen LogP contribution is -2.58. The SMILES string of the molecule is COc1cccc2c1OC(C)(C)[C@H]1C[C@@H]3CN(C(=O)[C@H](CC(C)C)NC(=O)OCc4ccccc4)CC[C@@H]3O[C@H]21. The number of para-hydroxylation sites is 1. The van der Waals surface area contributed by atoms with Gasteiger partial charge in [-0.2, -0.15) is 0 Å². The average molecular weight is 551 g/mol. The lowest BCUT2D eigenvalue weighted by atomic mass is 9.70. The van der Waals surface area contributed by atoms with Crippen molar-refractivity contribution in [2.45, 2.75) is 77.4 Å². The maximum atomic E-state index is 13.7. The number of nitrogens with zero attached hydrogens (tertiary/aromatic N) is 1. The highest BCUT2D eigenvalue weighted by Gasteiger charge is 2.52. The number of carbonyl (C=O) groups excluding carboxylic acids is 2. The van der Waals surface area contributed by atoms with Gasteiger partial charge in [-0.15, -0.1) is 0 Å². The number of alkyl carbamates (subject to hydrolysis) is 1. The predicted molar refractivity (Wildman–Crippen MR) is 151 cm³/mol. The largest absolute Gasteiger partial charge is 0.493 e. The van der Waals surface area contributed by atoms with Gasteiger partial charge in [0.2, 0.25) is 5.91 Å². The highest BCUT2D eigenvalue weighted by molar-refractivity contribution is 5.85. The van der Waals surface area contributed by atoms with Crippen molar-refractivity contribution in [2.75, 3.05) is 20.2 Å². The third-order valence-corrected chi connectivity index (χ3v) is 8.52. The molecule has 2 saturated heterocycles. The second-order valence-electron chi connectivity index (χ2n) is 12.2. The quantitative estimate of drug-likeness (QED) is 0.490. The fourth-order valence-electron chi connectivity index (χ4n) is 6.47. The van der Waals surface area contributed by atoms with E-state index >= 15 is 0 Å². The van der Waals surface area contributed by atoms with E-state index in [2.05, 4.69) is 39.1 Å². The molecule has 5 rings (SSSR count). The molecule has 2 aromatic rings. The smallest absolute Gasteiger partial charge is 0.408 e. The second kappa shape index (κ2) is 11.7. The van der Waals surface area contributed by atoms with Crippen molar-refractivity contribution in [3.8, 4) is 11.5 Å². The maximum absolute atomic E-state index is 13.7. The standard InChI is InChI=1S/C32H42N2O6/c1-20(2)16-25(33-31(36)38-19-21-10-7-6-8-11-21)30(35)34-15-14-26-22(18-34)17-24-28(39-26)23-12-9-13-27(37-5)29(23)40-32(24,3)4/h6-13,20,22,24-26,28H,14-19H2,1-5H3,(H,33,36)/t22-,24+,25+,26+,28-/m1/s1. The number of hydrogen-bond donors (Lipinski definition) is 1. The summed E-state index contributed by atoms with van der Waals surface area (Å²) < 4.78 is 24.3. The molecule has 8 nitrogen and oxygen atoms in total. The first-order valence-electron chi connectivity index (χ1n) is 14.4. The third-order valence-electron chi connectivity index (χ3n) is 8.52. The first-order valence-corrected chi connectivity index (χ1v) is 14.4. The summed E-state index contributed by atoms with van der Waals surface area (Å²) in [6, 6.07) is 14.9. The molecule has 2 amide bonds. The van der Waals surface area contributed by atoms with E-state index < -0.39 is 17.7 Å². The van der Waals surface area contributed by atoms with Crippen molar-refractivity contribution >= 4 is 12.0 Å². The summed E-state index contributed by atoms with van der Waals surface area (Å²) in [6.45, 7) is 9.68. The number of hydrogen-bond acceptors (Lipinski definition) is 6. The molecule has 0 saturated carbocycles. The summed E-state index contributed by atoms with van der Waals surface area (Å²) >= 11 is 0. The van der Waals surface area contributed by atoms with Crippen molar-refractivity contribution in [1.29, 1.82) is 0 Å². The molecule has 3 aliphatic heterocycles. The van der Waals surface area contributed by atoms with E-state index in [-0.39, 0.29) is 42.5 Å². The molecular formula is C32H42N2O6. The van der Waals surface area contributed by atoms with Crippen LogP contribution in [0.3, 0.4) is 0 Å². The normalized spacial score (nSPS) is 25.5. The van der Waals surface area contributed by atoms with Crippen LogP contribution < -0.4 is 14.8 Å². The molecule has 2 fully saturated rings. The Morgan fingerprint density at radius 1 is 1.12 bits per heavy atom. The Morgan fingerprint density at radius 3 is 2.62 bits per heavy atom. The molecule has 216 valence electrons. The number of benzene rings is 2. The second-order valence-corrected chi connectivity index (χ2v) is 12.2. The fourth-order valence-corrected chi connectivity index (χ4v) is 6.47. The Bertz CT molecular complexity index is 1200. The van der Waals surface area contributed by atoms with Gasteiger partial charge in [0.05, 0.1) is 19.3 Å². The van der Waals surface area contributed by atoms with Crippen LogP contribution in [0.15, 0.2) is 48.5 Å². The number of methoxy groups -OCH3 is 1. The molecule has 40 heavy (non-hydrogen) atoms. The molecule has 0 spiro atoms. The van der Waals surface area contributed by atoms with E-state index in [4.69, 9.17) is 18.9 Å². The first kappa shape index (κ1) is 28.3. The number of amides is 2. The van der Waals surface area contributed by atoms with Crippen molar-refractivity contribution in [1.82, 2.24) is 10.2 Å². The molecule has 5 atom stereocenters. The van der Waals surface area contributed by atoms with E-state index in [9.17, 15) is 9.59 Å². The molecule has 0 radical (unpaired) electrons. The lowest BCUT2D eigenvalue weighted by molar-refractivity contribution is -0.189. The fraction of sp³-hybridized carbons (Fsp3) is 0.562. The van der Waals surface area contributed by atoms with Gasteiger partial charge >= 0.3 is 6.09 Å². The van der Waals surface area contributed by atoms with Crippen LogP contribution in [0.1, 0.15) is 64.2 Å². The van der Waals surface area contributed by atoms with Crippen LogP contribution in [0.4, 0.5) is 4.79 Å². The van der Waals surface area contributed by atoms with Gasteiger partial charge in [-0.05, 0) is 50.7 Å². The Hall–Kier alpha value is -3.26. The van der Waals surface area contributed by atoms with Gasteiger partial charge in [-0.3, -0.25) is 4.79 Å². The Morgan fingerprint density at radius 2 is 1.90 bits per heavy atom. The number of nitrogens with one attached hydrogen (secondary N) is 1. The highest BCUT2D eigenvalue weighted by atomic mass is 16.6. The third kappa shape index (κ3) is 5.92. The van der Waals surface area contributed by atoms with Crippen molar-refractivity contribution in [3.63, 3.8) is 0 Å². The number of carbonyl (C=O) groups is 2. The number of rotatable bonds is 7. The number of fused-ring (bicyclic) bond motifs is 4. The van der Waals surface area contributed by atoms with Gasteiger partial charge in [0.25, 0.3) is 0 Å². The monoisotopic (exact) mass is 550 g/mol. The molecule has 8 heteroatoms. The molecule has 0 aliphatic carbocycles. The molecule has 2 aromatic carbocycles. The van der Waals surface area contributed by atoms with Crippen LogP contribution >= 0.6 is 0 Å². The summed E-state index contributed by atoms with van der Waals surface area (Å²) in [5.41, 5.74) is 1.49. The zero-order valence-corrected chi connectivity index (χ0v) is 24.2. The molecule has 0 bridgehead atoms. The number of ether oxygens (including phenoxy) is 4. The van der Waals surface area contributed by atoms with Crippen LogP contribution in [-0.2, 0) is 20.9 Å². The minimum atomic E-state index is -0.633. The minimum absolute atomic E-state index is 0.0554. The summed E-state index contributed by atoms with van der Waals surface area (Å²) in [4.78, 5) is 28.3. The summed E-state index contributed by atoms with van der Waals surface area (Å²) in [5, 5.41) is 2.85. The Balaban J connectivity index is 1.25. The van der Waals surface area contributed by atoms with E-state index in [1.807, 2.05) is 47.4 Å². The molecule has 3 heterocycles. The van der Waals surface area contributed by atoms with Crippen molar-refractivity contribution in [2.24, 2.45) is 17.8 Å². The molecule has 3 aliphatic rings. The maximum Gasteiger partial charge on any atom is 0.408 e. The van der Waals surface area contributed by atoms with Gasteiger partial charge < -0.3 is 29.2 Å². The molecule has 0 aromatic heterocycles. The Labute approximate surface area is 237 Å². The Kier molecular flexibility index (Phi) is 8.26. The first-order chi connectivity index (χ1) is 19.2. The van der Waals surface area contributed by atoms with Crippen molar-refractivity contribution in [3.05, 3.63) is 59.7 Å². The van der Waals surface area contributed by atoms with Gasteiger partial charge in [-0.25, -0.2) is 4.79 Å². The topological polar surface area (TPSA) is 86.3 Å². The summed E-state index contributed by atoms with van der Waals surface area (Å²) in [7, 11) is 1.66. The molecular weight excluding hydrogens is 508 g/mol.